The van der Waals surface area contributed by atoms with Gasteiger partial charge in [-0.05, 0) is 107 Å². The summed E-state index contributed by atoms with van der Waals surface area (Å²) >= 11 is 0. The first-order valence-electron chi connectivity index (χ1n) is 31.9. The number of piperidine rings is 1. The summed E-state index contributed by atoms with van der Waals surface area (Å²) < 4.78 is 46.6. The fraction of sp³-hybridized carbons (Fsp3) is 0.712. The lowest BCUT2D eigenvalue weighted by molar-refractivity contribution is -0.265. The van der Waals surface area contributed by atoms with Crippen molar-refractivity contribution in [3.05, 3.63) is 65.6 Å². The summed E-state index contributed by atoms with van der Waals surface area (Å²) in [6.07, 6.45) is 12.6. The van der Waals surface area contributed by atoms with Crippen molar-refractivity contribution in [3.63, 3.8) is 0 Å². The number of nitrogens with zero attached hydrogens (tertiary/aromatic N) is 5. The zero-order valence-electron chi connectivity index (χ0n) is 54.3. The molecular weight excluding hydrogens is 1150 g/mol. The highest BCUT2D eigenvalue weighted by Crippen LogP contribution is 2.38. The van der Waals surface area contributed by atoms with E-state index in [2.05, 4.69) is 15.3 Å². The quantitative estimate of drug-likeness (QED) is 0.0748. The number of ketones is 3. The number of hydrogen-bond acceptors (Lipinski definition) is 20. The number of rotatable bonds is 15. The maximum Gasteiger partial charge on any atom is 0.410 e. The maximum absolute atomic E-state index is 14.7. The Kier molecular flexibility index (Phi) is 28.5. The number of amides is 3. The van der Waals surface area contributed by atoms with Gasteiger partial charge in [0.1, 0.15) is 36.2 Å². The molecule has 1 aromatic heterocycles. The molecule has 1 saturated carbocycles. The van der Waals surface area contributed by atoms with Gasteiger partial charge in [-0.25, -0.2) is 19.6 Å². The molecule has 0 unspecified atom stereocenters. The van der Waals surface area contributed by atoms with Gasteiger partial charge in [0.15, 0.2) is 5.78 Å². The van der Waals surface area contributed by atoms with Crippen molar-refractivity contribution in [2.24, 2.45) is 35.5 Å². The molecule has 4 aliphatic heterocycles. The number of carbonyl (C=O) groups is 7. The van der Waals surface area contributed by atoms with Gasteiger partial charge in [-0.2, -0.15) is 0 Å². The zero-order valence-corrected chi connectivity index (χ0v) is 54.3. The summed E-state index contributed by atoms with van der Waals surface area (Å²) in [5.41, 5.74) is 1.53. The van der Waals surface area contributed by atoms with Gasteiger partial charge >= 0.3 is 12.1 Å². The minimum Gasteiger partial charge on any atom is -0.460 e. The Hall–Kier alpha value is -5.79. The van der Waals surface area contributed by atoms with Gasteiger partial charge in [0.05, 0.1) is 43.7 Å². The third kappa shape index (κ3) is 20.1. The van der Waals surface area contributed by atoms with Crippen LogP contribution in [0.25, 0.3) is 0 Å². The highest BCUT2D eigenvalue weighted by Gasteiger charge is 2.53. The third-order valence-corrected chi connectivity index (χ3v) is 18.4. The monoisotopic (exact) mass is 1250 g/mol. The number of ether oxygens (including phenoxy) is 8. The minimum atomic E-state index is -2.48. The minimum absolute atomic E-state index is 0.0119. The lowest BCUT2D eigenvalue weighted by Crippen LogP contribution is -2.61. The average Bonchev–Trinajstić information content (AvgIpc) is 1.01. The predicted molar refractivity (Wildman–Crippen MR) is 330 cm³/mol. The number of esters is 1. The van der Waals surface area contributed by atoms with Crippen LogP contribution in [-0.2, 0) is 61.9 Å². The third-order valence-electron chi connectivity index (χ3n) is 18.4. The molecule has 496 valence electrons. The summed E-state index contributed by atoms with van der Waals surface area (Å²) in [7, 11) is 6.10. The fourth-order valence-electron chi connectivity index (χ4n) is 12.7. The number of anilines is 1. The van der Waals surface area contributed by atoms with E-state index in [4.69, 9.17) is 37.9 Å². The molecular formula is C66H100N6O17. The molecule has 1 aliphatic carbocycles. The topological polar surface area (TPSA) is 281 Å². The number of hydrogen-bond donors (Lipinski definition) is 3. The molecule has 23 heteroatoms. The van der Waals surface area contributed by atoms with Crippen molar-refractivity contribution in [2.75, 3.05) is 92.4 Å². The molecule has 15 atom stereocenters. The highest BCUT2D eigenvalue weighted by molar-refractivity contribution is 6.39. The van der Waals surface area contributed by atoms with E-state index in [1.54, 1.807) is 60.0 Å². The Bertz CT molecular complexity index is 2640. The van der Waals surface area contributed by atoms with Crippen molar-refractivity contribution >= 4 is 47.2 Å². The number of aromatic nitrogens is 2. The van der Waals surface area contributed by atoms with Crippen molar-refractivity contribution in [2.45, 2.75) is 180 Å². The molecule has 3 amide bonds. The molecule has 0 spiro atoms. The Morgan fingerprint density at radius 3 is 2.22 bits per heavy atom. The van der Waals surface area contributed by atoms with Crippen LogP contribution in [0.15, 0.2) is 60.0 Å². The molecule has 2 bridgehead atoms. The summed E-state index contributed by atoms with van der Waals surface area (Å²) in [6, 6.07) is -1.20. The zero-order chi connectivity index (χ0) is 65.0. The van der Waals surface area contributed by atoms with Gasteiger partial charge in [-0.15, -0.1) is 0 Å². The maximum atomic E-state index is 14.7. The van der Waals surface area contributed by atoms with E-state index < -0.39 is 102 Å². The number of Topliss-reactive ketones (excluding diaryl/α,β-unsaturated/α-hetero) is 3. The van der Waals surface area contributed by atoms with Crippen LogP contribution in [0.1, 0.15) is 136 Å². The summed E-state index contributed by atoms with van der Waals surface area (Å²) in [4.78, 5) is 112. The Morgan fingerprint density at radius 1 is 0.809 bits per heavy atom. The van der Waals surface area contributed by atoms with E-state index in [9.17, 15) is 43.8 Å². The molecule has 0 radical (unpaired) electrons. The van der Waals surface area contributed by atoms with E-state index >= 15 is 0 Å². The van der Waals surface area contributed by atoms with Crippen molar-refractivity contribution in [3.8, 4) is 0 Å². The number of aliphatic hydroxyl groups is 2. The van der Waals surface area contributed by atoms with Crippen molar-refractivity contribution in [1.82, 2.24) is 25.1 Å². The van der Waals surface area contributed by atoms with Crippen LogP contribution >= 0.6 is 0 Å². The van der Waals surface area contributed by atoms with E-state index in [1.165, 1.54) is 24.4 Å². The van der Waals surface area contributed by atoms with Gasteiger partial charge in [-0.3, -0.25) is 24.0 Å². The van der Waals surface area contributed by atoms with Crippen molar-refractivity contribution in [1.29, 1.82) is 0 Å². The average molecular weight is 1250 g/mol. The number of fused-ring (bicyclic) bond motifs is 3. The van der Waals surface area contributed by atoms with Crippen LogP contribution < -0.4 is 10.2 Å². The molecule has 0 aromatic carbocycles. The fourth-order valence-corrected chi connectivity index (χ4v) is 12.7. The molecule has 5 heterocycles. The standard InChI is InChI=1S/C66H100N6O17/c1-41-17-13-12-14-18-42(2)54(83-9)37-50-22-20-47(7)66(81,89-50)60(76)62(78)72-25-16-15-19-51(72)63(79)87-55(38-52(73)43(3)34-46(6)58(75)59(85-11)57(74)45(5)33-41)44(4)35-48-21-23-53(56(36-48)84-10)88-65(80)71-28-26-70(27-29-71)64-68-39-49(40-69-64)61(77)67-24-30-86-32-31-82-8/h12-14,17-18,34,39-41,43-45,47-48,50-51,53-56,58-59,75,81H,15-16,19-33,35-38H2,1-11H3,(H,67,77)/b14-12+,17-13+,42-18+,46-34+/t41-,43-,44-,45-,47-,48+,50+,51+,53-,54+,55+,56-,58-,59+,66-/m1/s1. The van der Waals surface area contributed by atoms with E-state index in [-0.39, 0.29) is 55.1 Å². The van der Waals surface area contributed by atoms with Crippen LogP contribution in [-0.4, -0.2) is 213 Å². The first-order valence-corrected chi connectivity index (χ1v) is 31.9. The van der Waals surface area contributed by atoms with Crippen LogP contribution in [0.4, 0.5) is 10.7 Å². The summed E-state index contributed by atoms with van der Waals surface area (Å²) in [5.74, 6) is -8.47. The van der Waals surface area contributed by atoms with Crippen LogP contribution in [0.2, 0.25) is 0 Å². The number of aliphatic hydroxyl groups excluding tert-OH is 1. The Balaban J connectivity index is 1.16. The normalized spacial score (nSPS) is 33.6. The van der Waals surface area contributed by atoms with E-state index in [1.807, 2.05) is 56.1 Å². The van der Waals surface area contributed by atoms with Gasteiger partial charge in [0.2, 0.25) is 11.7 Å². The SMILES string of the molecule is COCCOCCNC(=O)c1cnc(N2CCN(C(=O)O[C@@H]3CC[C@@H](C[C@@H](C)[C@@H]4CC(=O)[C@H](C)/C=C(\C)[C@@H](O)[C@@H](OC)C(=O)[C@H](C)C[C@H](C)/C=C/C=C/C=C(\C)[C@@H](OC)C[C@@H]5CC[C@@H](C)[C@@](O)(O5)C(=O)C(=O)N5CCCC[C@H]5C(=O)O4)C[C@H]3OC)CC2)nc1. The second-order valence-electron chi connectivity index (χ2n) is 25.1. The molecule has 5 aliphatic rings. The lowest BCUT2D eigenvalue weighted by atomic mass is 9.78. The molecule has 89 heavy (non-hydrogen) atoms. The van der Waals surface area contributed by atoms with Crippen molar-refractivity contribution < 1.29 is 81.7 Å². The van der Waals surface area contributed by atoms with Crippen LogP contribution in [0.3, 0.4) is 0 Å². The predicted octanol–water partition coefficient (Wildman–Crippen LogP) is 6.33. The molecule has 6 rings (SSSR count). The van der Waals surface area contributed by atoms with E-state index in [0.717, 1.165) is 5.57 Å². The second-order valence-corrected chi connectivity index (χ2v) is 25.1. The van der Waals surface area contributed by atoms with Crippen LogP contribution in [0.5, 0.6) is 0 Å². The lowest BCUT2D eigenvalue weighted by Gasteiger charge is -2.42. The van der Waals surface area contributed by atoms with Gasteiger partial charge in [-0.1, -0.05) is 71.1 Å². The Morgan fingerprint density at radius 2 is 1.54 bits per heavy atom. The van der Waals surface area contributed by atoms with E-state index in [0.29, 0.717) is 127 Å². The second kappa shape index (κ2) is 35.1. The number of nitrogens with one attached hydrogen (secondary N) is 1. The number of piperazine rings is 1. The van der Waals surface area contributed by atoms with Gasteiger partial charge in [0, 0.05) is 111 Å². The van der Waals surface area contributed by atoms with Gasteiger partial charge in [0.25, 0.3) is 17.6 Å². The first-order chi connectivity index (χ1) is 42.5. The molecule has 4 fully saturated rings. The smallest absolute Gasteiger partial charge is 0.410 e. The first kappa shape index (κ1) is 72.3. The van der Waals surface area contributed by atoms with Gasteiger partial charge < -0.3 is 68.1 Å². The number of methoxy groups -OCH3 is 4. The molecule has 1 aromatic rings. The largest absolute Gasteiger partial charge is 0.460 e. The molecule has 3 N–H and O–H groups in total. The number of carbonyl (C=O) groups excluding carboxylic acids is 7. The highest BCUT2D eigenvalue weighted by atomic mass is 16.6. The number of allylic oxidation sites excluding steroid dienone is 6. The summed E-state index contributed by atoms with van der Waals surface area (Å²) in [6.45, 7) is 15.8. The number of cyclic esters (lactones) is 1. The summed E-state index contributed by atoms with van der Waals surface area (Å²) in [5, 5.41) is 26.5. The Labute approximate surface area is 525 Å². The molecule has 3 saturated heterocycles. The molecule has 23 nitrogen and oxygen atoms in total. The van der Waals surface area contributed by atoms with Crippen LogP contribution in [0, 0.1) is 35.5 Å².